The summed E-state index contributed by atoms with van der Waals surface area (Å²) >= 11 is 1.13. The summed E-state index contributed by atoms with van der Waals surface area (Å²) < 4.78 is 10.6. The molecule has 2 aliphatic rings. The van der Waals surface area contributed by atoms with Gasteiger partial charge in [-0.2, -0.15) is 0 Å². The molecule has 3 rings (SSSR count). The zero-order valence-corrected chi connectivity index (χ0v) is 26.7. The van der Waals surface area contributed by atoms with Gasteiger partial charge in [0, 0.05) is 24.9 Å². The Morgan fingerprint density at radius 1 is 1.02 bits per heavy atom. The molecule has 1 saturated carbocycles. The zero-order chi connectivity index (χ0) is 30.5. The lowest BCUT2D eigenvalue weighted by atomic mass is 9.82. The van der Waals surface area contributed by atoms with Crippen molar-refractivity contribution in [3.63, 3.8) is 0 Å². The Hall–Kier alpha value is -2.86. The highest BCUT2D eigenvalue weighted by Gasteiger charge is 2.40. The number of thiophene rings is 1. The third-order valence-electron chi connectivity index (χ3n) is 7.51. The second-order valence-corrected chi connectivity index (χ2v) is 14.5. The molecule has 1 aliphatic carbocycles. The lowest BCUT2D eigenvalue weighted by molar-refractivity contribution is -0.161. The topological polar surface area (TPSA) is 93.2 Å². The van der Waals surface area contributed by atoms with Crippen LogP contribution in [0, 0.1) is 34.5 Å². The van der Waals surface area contributed by atoms with Gasteiger partial charge in [-0.25, -0.2) is 4.79 Å². The molecule has 0 spiro atoms. The van der Waals surface area contributed by atoms with E-state index in [0.717, 1.165) is 49.9 Å². The van der Waals surface area contributed by atoms with Gasteiger partial charge in [0.15, 0.2) is 0 Å². The van der Waals surface area contributed by atoms with Crippen LogP contribution in [-0.4, -0.2) is 55.1 Å². The van der Waals surface area contributed by atoms with Crippen molar-refractivity contribution in [1.29, 1.82) is 0 Å². The molecule has 41 heavy (non-hydrogen) atoms. The molecule has 1 aromatic heterocycles. The third-order valence-corrected chi connectivity index (χ3v) is 8.53. The van der Waals surface area contributed by atoms with E-state index in [1.54, 1.807) is 43.7 Å². The van der Waals surface area contributed by atoms with Crippen LogP contribution >= 0.6 is 11.3 Å². The molecule has 2 amide bonds. The molecule has 2 heterocycles. The maximum Gasteiger partial charge on any atom is 0.353 e. The third kappa shape index (κ3) is 8.81. The quantitative estimate of drug-likeness (QED) is 0.230. The molecule has 0 bridgehead atoms. The van der Waals surface area contributed by atoms with Gasteiger partial charge in [-0.1, -0.05) is 18.8 Å². The lowest BCUT2D eigenvalue weighted by Crippen LogP contribution is -2.52. The van der Waals surface area contributed by atoms with Crippen LogP contribution in [0.15, 0.2) is 6.07 Å². The smallest absolute Gasteiger partial charge is 0.353 e. The van der Waals surface area contributed by atoms with E-state index in [4.69, 9.17) is 9.47 Å². The molecule has 2 fully saturated rings. The van der Waals surface area contributed by atoms with E-state index in [1.165, 1.54) is 0 Å². The average molecular weight is 587 g/mol. The van der Waals surface area contributed by atoms with Crippen LogP contribution in [-0.2, 0) is 23.9 Å². The van der Waals surface area contributed by atoms with Crippen molar-refractivity contribution < 1.29 is 28.7 Å². The molecule has 0 N–H and O–H groups in total. The molecule has 8 nitrogen and oxygen atoms in total. The number of hydrogen-bond donors (Lipinski definition) is 0. The van der Waals surface area contributed by atoms with Gasteiger partial charge in [-0.05, 0) is 98.5 Å². The normalized spacial score (nSPS) is 21.8. The van der Waals surface area contributed by atoms with Crippen LogP contribution in [0.25, 0.3) is 0 Å². The van der Waals surface area contributed by atoms with Gasteiger partial charge in [-0.3, -0.25) is 19.3 Å². The van der Waals surface area contributed by atoms with E-state index in [2.05, 4.69) is 18.8 Å². The van der Waals surface area contributed by atoms with Crippen LogP contribution in [0.5, 0.6) is 0 Å². The fourth-order valence-corrected chi connectivity index (χ4v) is 5.89. The highest BCUT2D eigenvalue weighted by Crippen LogP contribution is 2.38. The highest BCUT2D eigenvalue weighted by atomic mass is 32.1. The number of nitrogens with zero attached hydrogens (tertiary/aromatic N) is 2. The fraction of sp³-hybridized carbons (Fsp3) is 0.688. The van der Waals surface area contributed by atoms with Crippen LogP contribution in [0.1, 0.15) is 108 Å². The Bertz CT molecular complexity index is 1190. The van der Waals surface area contributed by atoms with Gasteiger partial charge in [-0.15, -0.1) is 11.3 Å². The number of ether oxygens (including phenoxy) is 2. The minimum atomic E-state index is -0.747. The second kappa shape index (κ2) is 13.4. The molecular weight excluding hydrogens is 540 g/mol. The molecule has 0 unspecified atom stereocenters. The Balaban J connectivity index is 2.06. The Kier molecular flexibility index (Phi) is 10.7. The summed E-state index contributed by atoms with van der Waals surface area (Å²) in [6.45, 7) is 13.4. The summed E-state index contributed by atoms with van der Waals surface area (Å²) in [5, 5.41) is 0. The summed E-state index contributed by atoms with van der Waals surface area (Å²) in [5.41, 5.74) is -0.680. The second-order valence-electron chi connectivity index (χ2n) is 13.5. The van der Waals surface area contributed by atoms with Gasteiger partial charge in [0.05, 0.1) is 16.0 Å². The largest absolute Gasteiger partial charge is 0.427 e. The Labute approximate surface area is 249 Å². The first-order chi connectivity index (χ1) is 19.1. The number of anilines is 1. The van der Waals surface area contributed by atoms with Gasteiger partial charge in [0.25, 0.3) is 0 Å². The maximum absolute atomic E-state index is 14.3. The average Bonchev–Trinajstić information content (AvgIpc) is 3.24. The van der Waals surface area contributed by atoms with Gasteiger partial charge >= 0.3 is 11.9 Å². The van der Waals surface area contributed by atoms with E-state index in [1.807, 2.05) is 20.8 Å². The summed E-state index contributed by atoms with van der Waals surface area (Å²) in [6.07, 6.45) is 5.53. The minimum Gasteiger partial charge on any atom is -0.427 e. The van der Waals surface area contributed by atoms with Crippen molar-refractivity contribution in [2.75, 3.05) is 25.3 Å². The van der Waals surface area contributed by atoms with Crippen molar-refractivity contribution in [2.45, 2.75) is 99.5 Å². The number of amides is 2. The van der Waals surface area contributed by atoms with E-state index >= 15 is 0 Å². The van der Waals surface area contributed by atoms with Crippen LogP contribution in [0.2, 0.25) is 0 Å². The van der Waals surface area contributed by atoms with Crippen molar-refractivity contribution in [2.24, 2.45) is 22.7 Å². The number of carbonyl (C=O) groups excluding carboxylic acids is 4. The van der Waals surface area contributed by atoms with Crippen molar-refractivity contribution >= 4 is 40.8 Å². The fourth-order valence-electron chi connectivity index (χ4n) is 4.99. The summed E-state index contributed by atoms with van der Waals surface area (Å²) in [5.74, 6) is 5.19. The van der Waals surface area contributed by atoms with E-state index in [9.17, 15) is 19.2 Å². The number of hydrogen-bond acceptors (Lipinski definition) is 7. The number of likely N-dealkylation sites (tertiary alicyclic amines) is 1. The molecule has 1 atom stereocenters. The Morgan fingerprint density at radius 2 is 1.68 bits per heavy atom. The van der Waals surface area contributed by atoms with E-state index in [0.29, 0.717) is 29.4 Å². The number of rotatable bonds is 6. The zero-order valence-electron chi connectivity index (χ0n) is 25.9. The predicted octanol–water partition coefficient (Wildman–Crippen LogP) is 6.02. The first-order valence-corrected chi connectivity index (χ1v) is 15.5. The summed E-state index contributed by atoms with van der Waals surface area (Å²) in [6, 6.07) is 1.01. The first-order valence-electron chi connectivity index (χ1n) is 14.7. The Morgan fingerprint density at radius 3 is 2.29 bits per heavy atom. The molecule has 1 aromatic rings. The van der Waals surface area contributed by atoms with Gasteiger partial charge in [0.2, 0.25) is 18.6 Å². The monoisotopic (exact) mass is 586 g/mol. The number of esters is 2. The molecular formula is C32H46N2O6S. The number of likely N-dealkylation sites (N-methyl/N-ethyl adjacent to an activating group) is 1. The van der Waals surface area contributed by atoms with E-state index < -0.39 is 30.2 Å². The summed E-state index contributed by atoms with van der Waals surface area (Å²) in [4.78, 5) is 57.6. The molecule has 226 valence electrons. The van der Waals surface area contributed by atoms with Gasteiger partial charge in [0.1, 0.15) is 10.9 Å². The lowest BCUT2D eigenvalue weighted by Gasteiger charge is -2.36. The van der Waals surface area contributed by atoms with Crippen molar-refractivity contribution in [3.8, 4) is 11.8 Å². The molecule has 1 aliphatic heterocycles. The standard InChI is InChI=1S/C32H46N2O6S/c1-21-12-14-22(15-13-21)27(35)34(24-11-9-10-18-33(8)28(24)36)25-19-23(16-17-31(2,3)4)41-26(25)29(37)39-20-40-30(38)32(5,6)7/h19,21-22,24H,9-15,18,20H2,1-8H3/t21?,22?,24-/m0/s1. The molecule has 0 aromatic carbocycles. The highest BCUT2D eigenvalue weighted by molar-refractivity contribution is 7.15. The van der Waals surface area contributed by atoms with Crippen LogP contribution in [0.3, 0.4) is 0 Å². The van der Waals surface area contributed by atoms with Gasteiger partial charge < -0.3 is 14.4 Å². The molecule has 9 heteroatoms. The summed E-state index contributed by atoms with van der Waals surface area (Å²) in [7, 11) is 1.76. The minimum absolute atomic E-state index is 0.132. The first kappa shape index (κ1) is 32.7. The van der Waals surface area contributed by atoms with Crippen LogP contribution < -0.4 is 4.90 Å². The predicted molar refractivity (Wildman–Crippen MR) is 160 cm³/mol. The molecule has 0 radical (unpaired) electrons. The van der Waals surface area contributed by atoms with Crippen molar-refractivity contribution in [3.05, 3.63) is 15.8 Å². The van der Waals surface area contributed by atoms with Crippen LogP contribution in [0.4, 0.5) is 5.69 Å². The maximum atomic E-state index is 14.3. The molecule has 1 saturated heterocycles. The van der Waals surface area contributed by atoms with E-state index in [-0.39, 0.29) is 28.0 Å². The SMILES string of the molecule is CC1CCC(C(=O)N(c2cc(C#CC(C)(C)C)sc2C(=O)OCOC(=O)C(C)(C)C)[C@H]2CCCCN(C)C2=O)CC1. The van der Waals surface area contributed by atoms with Crippen molar-refractivity contribution in [1.82, 2.24) is 4.90 Å². The number of carbonyl (C=O) groups is 4.